The number of likely N-dealkylation sites (tertiary alicyclic amines) is 1. The van der Waals surface area contributed by atoms with Crippen LogP contribution < -0.4 is 10.6 Å². The van der Waals surface area contributed by atoms with Crippen molar-refractivity contribution in [2.45, 2.75) is 25.8 Å². The van der Waals surface area contributed by atoms with Gasteiger partial charge in [-0.15, -0.1) is 0 Å². The molecule has 0 aliphatic carbocycles. The second kappa shape index (κ2) is 8.26. The number of nitrogens with one attached hydrogen (secondary N) is 2. The summed E-state index contributed by atoms with van der Waals surface area (Å²) in [6.07, 6.45) is 1.03. The molecule has 7 heteroatoms. The second-order valence-corrected chi connectivity index (χ2v) is 5.30. The Morgan fingerprint density at radius 3 is 2.35 bits per heavy atom. The van der Waals surface area contributed by atoms with Gasteiger partial charge in [-0.1, -0.05) is 0 Å². The topological polar surface area (TPSA) is 79.9 Å². The van der Waals surface area contributed by atoms with Crippen LogP contribution >= 0.6 is 0 Å². The Morgan fingerprint density at radius 2 is 1.78 bits per heavy atom. The molecule has 0 spiro atoms. The number of carbonyl (C=O) groups excluding carboxylic acids is 2. The molecule has 0 radical (unpaired) electrons. The lowest BCUT2D eigenvalue weighted by atomic mass is 10.0. The van der Waals surface area contributed by atoms with Crippen molar-refractivity contribution in [3.05, 3.63) is 24.3 Å². The van der Waals surface area contributed by atoms with Gasteiger partial charge in [-0.05, 0) is 44.0 Å². The molecule has 1 aromatic rings. The van der Waals surface area contributed by atoms with Gasteiger partial charge in [0.15, 0.2) is 0 Å². The summed E-state index contributed by atoms with van der Waals surface area (Å²) in [5, 5.41) is 6.05. The molecule has 0 saturated carbocycles. The van der Waals surface area contributed by atoms with Gasteiger partial charge < -0.3 is 19.7 Å². The molecule has 1 aliphatic rings. The van der Waals surface area contributed by atoms with Crippen LogP contribution in [0.15, 0.2) is 24.3 Å². The molecule has 0 atom stereocenters. The summed E-state index contributed by atoms with van der Waals surface area (Å²) >= 11 is 0. The molecule has 1 fully saturated rings. The monoisotopic (exact) mass is 321 g/mol. The molecule has 1 aromatic carbocycles. The Hall–Kier alpha value is -2.44. The number of hydrogen-bond donors (Lipinski definition) is 2. The van der Waals surface area contributed by atoms with E-state index in [1.807, 2.05) is 31.2 Å². The number of methoxy groups -OCH3 is 1. The van der Waals surface area contributed by atoms with Crippen molar-refractivity contribution in [1.29, 1.82) is 0 Å². The van der Waals surface area contributed by atoms with Gasteiger partial charge in [0, 0.05) is 30.5 Å². The minimum atomic E-state index is -0.489. The second-order valence-electron chi connectivity index (χ2n) is 5.30. The molecule has 126 valence electrons. The number of ether oxygens (including phenoxy) is 2. The first-order valence-electron chi connectivity index (χ1n) is 7.75. The molecule has 2 rings (SSSR count). The summed E-state index contributed by atoms with van der Waals surface area (Å²) in [7, 11) is 1.33. The molecule has 0 bridgehead atoms. The van der Waals surface area contributed by atoms with E-state index >= 15 is 0 Å². The number of rotatable bonds is 4. The van der Waals surface area contributed by atoms with Crippen molar-refractivity contribution < 1.29 is 19.1 Å². The molecular weight excluding hydrogens is 298 g/mol. The van der Waals surface area contributed by atoms with Crippen molar-refractivity contribution in [1.82, 2.24) is 4.90 Å². The summed E-state index contributed by atoms with van der Waals surface area (Å²) in [5.74, 6) is 0. The highest BCUT2D eigenvalue weighted by atomic mass is 16.6. The van der Waals surface area contributed by atoms with Crippen molar-refractivity contribution >= 4 is 23.6 Å². The smallest absolute Gasteiger partial charge is 0.411 e. The number of amides is 2. The van der Waals surface area contributed by atoms with Crippen LogP contribution in [0, 0.1) is 0 Å². The zero-order valence-electron chi connectivity index (χ0n) is 13.5. The molecular formula is C16H23N3O4. The maximum atomic E-state index is 11.7. The van der Waals surface area contributed by atoms with Crippen LogP contribution in [-0.2, 0) is 9.47 Å². The minimum Gasteiger partial charge on any atom is -0.453 e. The number of hydrogen-bond acceptors (Lipinski definition) is 5. The van der Waals surface area contributed by atoms with Crippen LogP contribution in [-0.4, -0.2) is 49.9 Å². The lowest BCUT2D eigenvalue weighted by Gasteiger charge is -2.32. The van der Waals surface area contributed by atoms with Gasteiger partial charge in [-0.2, -0.15) is 0 Å². The Labute approximate surface area is 135 Å². The quantitative estimate of drug-likeness (QED) is 0.891. The third-order valence-corrected chi connectivity index (χ3v) is 3.71. The molecule has 1 heterocycles. The van der Waals surface area contributed by atoms with E-state index in [4.69, 9.17) is 4.74 Å². The largest absolute Gasteiger partial charge is 0.453 e. The predicted molar refractivity (Wildman–Crippen MR) is 87.7 cm³/mol. The van der Waals surface area contributed by atoms with E-state index in [0.717, 1.165) is 18.5 Å². The van der Waals surface area contributed by atoms with E-state index < -0.39 is 6.09 Å². The van der Waals surface area contributed by atoms with Crippen molar-refractivity contribution in [2.75, 3.05) is 37.4 Å². The van der Waals surface area contributed by atoms with Gasteiger partial charge >= 0.3 is 12.2 Å². The SMILES string of the molecule is CCOC(=O)N1CCC(Nc2ccc(NC(=O)OC)cc2)CC1. The van der Waals surface area contributed by atoms with Crippen LogP contribution in [0.4, 0.5) is 21.0 Å². The standard InChI is InChI=1S/C16H23N3O4/c1-3-23-16(21)19-10-8-14(9-11-19)17-12-4-6-13(7-5-12)18-15(20)22-2/h4-7,14,17H,3,8-11H2,1-2H3,(H,18,20). The van der Waals surface area contributed by atoms with Gasteiger partial charge in [-0.3, -0.25) is 5.32 Å². The van der Waals surface area contributed by atoms with Gasteiger partial charge in [0.25, 0.3) is 0 Å². The summed E-state index contributed by atoms with van der Waals surface area (Å²) in [4.78, 5) is 24.5. The van der Waals surface area contributed by atoms with Gasteiger partial charge in [0.05, 0.1) is 13.7 Å². The van der Waals surface area contributed by atoms with E-state index in [9.17, 15) is 9.59 Å². The number of benzene rings is 1. The molecule has 1 saturated heterocycles. The van der Waals surface area contributed by atoms with E-state index in [2.05, 4.69) is 15.4 Å². The Bertz CT molecular complexity index is 525. The maximum absolute atomic E-state index is 11.7. The molecule has 2 amide bonds. The Balaban J connectivity index is 1.80. The highest BCUT2D eigenvalue weighted by molar-refractivity contribution is 5.84. The van der Waals surface area contributed by atoms with Crippen LogP contribution in [0.3, 0.4) is 0 Å². The maximum Gasteiger partial charge on any atom is 0.411 e. The normalized spacial score (nSPS) is 15.0. The Morgan fingerprint density at radius 1 is 1.17 bits per heavy atom. The fourth-order valence-electron chi connectivity index (χ4n) is 2.48. The van der Waals surface area contributed by atoms with E-state index in [1.54, 1.807) is 4.90 Å². The summed E-state index contributed by atoms with van der Waals surface area (Å²) in [6.45, 7) is 3.60. The van der Waals surface area contributed by atoms with Crippen LogP contribution in [0.5, 0.6) is 0 Å². The number of piperidine rings is 1. The van der Waals surface area contributed by atoms with Gasteiger partial charge in [0.2, 0.25) is 0 Å². The molecule has 2 N–H and O–H groups in total. The third-order valence-electron chi connectivity index (χ3n) is 3.71. The fourth-order valence-corrected chi connectivity index (χ4v) is 2.48. The van der Waals surface area contributed by atoms with Crippen molar-refractivity contribution in [3.8, 4) is 0 Å². The number of carbonyl (C=O) groups is 2. The minimum absolute atomic E-state index is 0.232. The fraction of sp³-hybridized carbons (Fsp3) is 0.500. The van der Waals surface area contributed by atoms with Crippen LogP contribution in [0.25, 0.3) is 0 Å². The molecule has 0 aromatic heterocycles. The van der Waals surface area contributed by atoms with Gasteiger partial charge in [-0.25, -0.2) is 9.59 Å². The Kier molecular flexibility index (Phi) is 6.08. The van der Waals surface area contributed by atoms with Crippen molar-refractivity contribution in [3.63, 3.8) is 0 Å². The number of anilines is 2. The van der Waals surface area contributed by atoms with Crippen LogP contribution in [0.2, 0.25) is 0 Å². The van der Waals surface area contributed by atoms with E-state index in [1.165, 1.54) is 7.11 Å². The summed E-state index contributed by atoms with van der Waals surface area (Å²) in [5.41, 5.74) is 1.66. The zero-order valence-corrected chi connectivity index (χ0v) is 13.5. The molecule has 0 unspecified atom stereocenters. The summed E-state index contributed by atoms with van der Waals surface area (Å²) in [6, 6.07) is 7.76. The summed E-state index contributed by atoms with van der Waals surface area (Å²) < 4.78 is 9.56. The highest BCUT2D eigenvalue weighted by Gasteiger charge is 2.23. The molecule has 7 nitrogen and oxygen atoms in total. The first kappa shape index (κ1) is 16.9. The highest BCUT2D eigenvalue weighted by Crippen LogP contribution is 2.19. The zero-order chi connectivity index (χ0) is 16.7. The third kappa shape index (κ3) is 5.05. The van der Waals surface area contributed by atoms with E-state index in [-0.39, 0.29) is 6.09 Å². The average molecular weight is 321 g/mol. The van der Waals surface area contributed by atoms with Crippen LogP contribution in [0.1, 0.15) is 19.8 Å². The van der Waals surface area contributed by atoms with Crippen molar-refractivity contribution in [2.24, 2.45) is 0 Å². The predicted octanol–water partition coefficient (Wildman–Crippen LogP) is 2.90. The lowest BCUT2D eigenvalue weighted by Crippen LogP contribution is -2.42. The first-order chi connectivity index (χ1) is 11.1. The van der Waals surface area contributed by atoms with Gasteiger partial charge in [0.1, 0.15) is 0 Å². The lowest BCUT2D eigenvalue weighted by molar-refractivity contribution is 0.0983. The number of nitrogens with zero attached hydrogens (tertiary/aromatic N) is 1. The molecule has 1 aliphatic heterocycles. The average Bonchev–Trinajstić information content (AvgIpc) is 2.57. The first-order valence-corrected chi connectivity index (χ1v) is 7.75. The van der Waals surface area contributed by atoms with E-state index in [0.29, 0.717) is 31.4 Å². The molecule has 23 heavy (non-hydrogen) atoms.